The lowest BCUT2D eigenvalue weighted by Crippen LogP contribution is -2.33. The van der Waals surface area contributed by atoms with Crippen molar-refractivity contribution >= 4 is 17.0 Å². The summed E-state index contributed by atoms with van der Waals surface area (Å²) in [6.45, 7) is 2.07. The summed E-state index contributed by atoms with van der Waals surface area (Å²) in [7, 11) is 1.62. The molecule has 112 valence electrons. The molecule has 1 saturated heterocycles. The van der Waals surface area contributed by atoms with E-state index in [2.05, 4.69) is 5.32 Å². The number of para-hydroxylation sites is 1. The van der Waals surface area contributed by atoms with E-state index in [1.807, 2.05) is 0 Å². The summed E-state index contributed by atoms with van der Waals surface area (Å²) in [5, 5.41) is 2.90. The van der Waals surface area contributed by atoms with E-state index >= 15 is 0 Å². The van der Waals surface area contributed by atoms with Gasteiger partial charge in [-0.3, -0.25) is 9.36 Å². The summed E-state index contributed by atoms with van der Waals surface area (Å²) in [4.78, 5) is 23.9. The zero-order valence-corrected chi connectivity index (χ0v) is 11.9. The molecule has 0 bridgehead atoms. The van der Waals surface area contributed by atoms with E-state index in [1.165, 1.54) is 4.57 Å². The summed E-state index contributed by atoms with van der Waals surface area (Å²) in [5.41, 5.74) is 1.35. The fraction of sp³-hybridized carbons (Fsp3) is 0.467. The summed E-state index contributed by atoms with van der Waals surface area (Å²) >= 11 is 0. The van der Waals surface area contributed by atoms with Crippen LogP contribution in [0.5, 0.6) is 0 Å². The normalized spacial score (nSPS) is 18.8. The minimum atomic E-state index is -0.467. The number of oxazole rings is 1. The van der Waals surface area contributed by atoms with Crippen LogP contribution in [0.1, 0.15) is 23.2 Å². The number of nitrogens with zero attached hydrogens (tertiary/aromatic N) is 1. The molecule has 1 N–H and O–H groups in total. The number of carbonyl (C=O) groups excluding carboxylic acids is 1. The zero-order chi connectivity index (χ0) is 14.8. The van der Waals surface area contributed by atoms with Crippen LogP contribution in [0, 0.1) is 5.92 Å². The van der Waals surface area contributed by atoms with Crippen LogP contribution in [-0.2, 0) is 11.8 Å². The second-order valence-corrected chi connectivity index (χ2v) is 5.37. The van der Waals surface area contributed by atoms with Crippen LogP contribution in [-0.4, -0.2) is 30.2 Å². The van der Waals surface area contributed by atoms with Crippen molar-refractivity contribution in [3.05, 3.63) is 34.3 Å². The predicted octanol–water partition coefficient (Wildman–Crippen LogP) is 1.29. The van der Waals surface area contributed by atoms with E-state index in [9.17, 15) is 9.59 Å². The third-order valence-electron chi connectivity index (χ3n) is 3.87. The Morgan fingerprint density at radius 2 is 2.33 bits per heavy atom. The molecule has 1 fully saturated rings. The smallest absolute Gasteiger partial charge is 0.407 e. The number of rotatable bonds is 3. The van der Waals surface area contributed by atoms with Crippen molar-refractivity contribution in [2.24, 2.45) is 13.0 Å². The van der Waals surface area contributed by atoms with Gasteiger partial charge in [0, 0.05) is 20.2 Å². The van der Waals surface area contributed by atoms with Crippen LogP contribution in [0.25, 0.3) is 11.1 Å². The van der Waals surface area contributed by atoms with Crippen molar-refractivity contribution in [3.63, 3.8) is 0 Å². The average molecular weight is 290 g/mol. The van der Waals surface area contributed by atoms with Crippen LogP contribution < -0.4 is 11.1 Å². The van der Waals surface area contributed by atoms with Crippen LogP contribution in [0.15, 0.2) is 27.4 Å². The van der Waals surface area contributed by atoms with Gasteiger partial charge in [0.05, 0.1) is 17.7 Å². The van der Waals surface area contributed by atoms with E-state index in [0.717, 1.165) is 19.4 Å². The Morgan fingerprint density at radius 3 is 3.10 bits per heavy atom. The highest BCUT2D eigenvalue weighted by Gasteiger charge is 2.18. The van der Waals surface area contributed by atoms with Gasteiger partial charge in [0.1, 0.15) is 0 Å². The Morgan fingerprint density at radius 1 is 1.48 bits per heavy atom. The Balaban J connectivity index is 1.78. The van der Waals surface area contributed by atoms with Crippen LogP contribution in [0.3, 0.4) is 0 Å². The third-order valence-corrected chi connectivity index (χ3v) is 3.87. The van der Waals surface area contributed by atoms with E-state index in [4.69, 9.17) is 9.15 Å². The number of aryl methyl sites for hydroxylation is 1. The van der Waals surface area contributed by atoms with Crippen molar-refractivity contribution in [1.82, 2.24) is 9.88 Å². The molecule has 2 aromatic rings. The number of ether oxygens (including phenoxy) is 1. The van der Waals surface area contributed by atoms with Crippen molar-refractivity contribution in [3.8, 4) is 0 Å². The molecule has 1 amide bonds. The number of fused-ring (bicyclic) bond motifs is 1. The Labute approximate surface area is 121 Å². The molecule has 0 radical (unpaired) electrons. The number of hydrogen-bond donors (Lipinski definition) is 1. The van der Waals surface area contributed by atoms with Gasteiger partial charge in [0.2, 0.25) is 0 Å². The van der Waals surface area contributed by atoms with E-state index < -0.39 is 5.76 Å². The van der Waals surface area contributed by atoms with Gasteiger partial charge >= 0.3 is 5.76 Å². The van der Waals surface area contributed by atoms with Crippen molar-refractivity contribution in [1.29, 1.82) is 0 Å². The first-order valence-corrected chi connectivity index (χ1v) is 7.11. The minimum Gasteiger partial charge on any atom is -0.407 e. The molecule has 0 unspecified atom stereocenters. The lowest BCUT2D eigenvalue weighted by atomic mass is 10.0. The molecule has 0 saturated carbocycles. The van der Waals surface area contributed by atoms with Crippen LogP contribution >= 0.6 is 0 Å². The standard InChI is InChI=1S/C15H18N2O4/c1-17-12-6-2-5-11(13(12)21-15(17)19)14(18)16-8-10-4-3-7-20-9-10/h2,5-6,10H,3-4,7-9H2,1H3,(H,16,18)/t10-/m0/s1. The lowest BCUT2D eigenvalue weighted by Gasteiger charge is -2.22. The van der Waals surface area contributed by atoms with E-state index in [0.29, 0.717) is 35.7 Å². The zero-order valence-electron chi connectivity index (χ0n) is 11.9. The predicted molar refractivity (Wildman–Crippen MR) is 77.3 cm³/mol. The fourth-order valence-corrected chi connectivity index (χ4v) is 2.63. The topological polar surface area (TPSA) is 73.5 Å². The Bertz CT molecular complexity index is 710. The molecule has 1 aromatic heterocycles. The maximum Gasteiger partial charge on any atom is 0.419 e. The summed E-state index contributed by atoms with van der Waals surface area (Å²) in [6, 6.07) is 5.17. The van der Waals surface area contributed by atoms with Gasteiger partial charge < -0.3 is 14.5 Å². The summed E-state index contributed by atoms with van der Waals surface area (Å²) in [5.74, 6) is -0.337. The first-order chi connectivity index (χ1) is 10.2. The van der Waals surface area contributed by atoms with Gasteiger partial charge in [-0.25, -0.2) is 4.79 Å². The molecule has 21 heavy (non-hydrogen) atoms. The minimum absolute atomic E-state index is 0.222. The Kier molecular flexibility index (Phi) is 3.79. The SMILES string of the molecule is Cn1c(=O)oc2c(C(=O)NC[C@@H]3CCCOC3)cccc21. The third kappa shape index (κ3) is 2.71. The second kappa shape index (κ2) is 5.73. The number of carbonyl (C=O) groups is 1. The molecule has 1 atom stereocenters. The van der Waals surface area contributed by atoms with Gasteiger partial charge in [-0.1, -0.05) is 6.07 Å². The molecule has 1 aliphatic rings. The first kappa shape index (κ1) is 13.9. The summed E-state index contributed by atoms with van der Waals surface area (Å²) < 4.78 is 11.9. The molecule has 3 rings (SSSR count). The monoisotopic (exact) mass is 290 g/mol. The van der Waals surface area contributed by atoms with Gasteiger partial charge in [0.25, 0.3) is 5.91 Å². The van der Waals surface area contributed by atoms with Crippen molar-refractivity contribution in [2.75, 3.05) is 19.8 Å². The number of aromatic nitrogens is 1. The highest BCUT2D eigenvalue weighted by atomic mass is 16.5. The molecule has 6 heteroatoms. The molecule has 1 aliphatic heterocycles. The largest absolute Gasteiger partial charge is 0.419 e. The van der Waals surface area contributed by atoms with Gasteiger partial charge in [-0.2, -0.15) is 0 Å². The van der Waals surface area contributed by atoms with Gasteiger partial charge in [-0.15, -0.1) is 0 Å². The molecule has 0 spiro atoms. The average Bonchev–Trinajstić information content (AvgIpc) is 2.81. The molecule has 0 aliphatic carbocycles. The Hall–Kier alpha value is -2.08. The summed E-state index contributed by atoms with van der Waals surface area (Å²) in [6.07, 6.45) is 2.09. The van der Waals surface area contributed by atoms with Gasteiger partial charge in [-0.05, 0) is 30.9 Å². The van der Waals surface area contributed by atoms with E-state index in [-0.39, 0.29) is 5.91 Å². The second-order valence-electron chi connectivity index (χ2n) is 5.37. The highest BCUT2D eigenvalue weighted by molar-refractivity contribution is 6.04. The molecule has 6 nitrogen and oxygen atoms in total. The number of benzene rings is 1. The molecule has 2 heterocycles. The lowest BCUT2D eigenvalue weighted by molar-refractivity contribution is 0.0536. The molecular formula is C15H18N2O4. The van der Waals surface area contributed by atoms with E-state index in [1.54, 1.807) is 25.2 Å². The van der Waals surface area contributed by atoms with Crippen molar-refractivity contribution < 1.29 is 13.9 Å². The maximum atomic E-state index is 12.3. The van der Waals surface area contributed by atoms with Crippen LogP contribution in [0.4, 0.5) is 0 Å². The highest BCUT2D eigenvalue weighted by Crippen LogP contribution is 2.18. The fourth-order valence-electron chi connectivity index (χ4n) is 2.63. The number of hydrogen-bond acceptors (Lipinski definition) is 4. The van der Waals surface area contributed by atoms with Crippen LogP contribution in [0.2, 0.25) is 0 Å². The maximum absolute atomic E-state index is 12.3. The quantitative estimate of drug-likeness (QED) is 0.924. The number of amides is 1. The number of nitrogens with one attached hydrogen (secondary N) is 1. The van der Waals surface area contributed by atoms with Crippen molar-refractivity contribution in [2.45, 2.75) is 12.8 Å². The van der Waals surface area contributed by atoms with Gasteiger partial charge in [0.15, 0.2) is 5.58 Å². The molecular weight excluding hydrogens is 272 g/mol. The molecule has 1 aromatic carbocycles. The first-order valence-electron chi connectivity index (χ1n) is 7.11.